The number of methoxy groups -OCH3 is 1. The fourth-order valence-corrected chi connectivity index (χ4v) is 5.74. The lowest BCUT2D eigenvalue weighted by Crippen LogP contribution is -2.56. The monoisotopic (exact) mass is 496 g/mol. The van der Waals surface area contributed by atoms with Crippen LogP contribution in [0.25, 0.3) is 0 Å². The predicted octanol–water partition coefficient (Wildman–Crippen LogP) is 3.65. The van der Waals surface area contributed by atoms with Gasteiger partial charge in [-0.3, -0.25) is 0 Å². The number of ether oxygens (including phenoxy) is 2. The smallest absolute Gasteiger partial charge is 0.410 e. The Balaban J connectivity index is 2.54. The van der Waals surface area contributed by atoms with Crippen LogP contribution in [0.1, 0.15) is 38.7 Å². The number of carbonyl (C=O) groups is 1. The number of carbonyl (C=O) groups excluding carboxylic acids is 1. The van der Waals surface area contributed by atoms with E-state index in [1.54, 1.807) is 37.8 Å². The molecule has 2 rings (SSSR count). The van der Waals surface area contributed by atoms with Crippen molar-refractivity contribution in [1.29, 1.82) is 0 Å². The van der Waals surface area contributed by atoms with E-state index >= 15 is 0 Å². The van der Waals surface area contributed by atoms with Crippen molar-refractivity contribution in [2.24, 2.45) is 0 Å². The van der Waals surface area contributed by atoms with Crippen LogP contribution in [0.2, 0.25) is 5.15 Å². The molecule has 1 aliphatic rings. The molecule has 3 atom stereocenters. The van der Waals surface area contributed by atoms with Gasteiger partial charge in [-0.1, -0.05) is 11.6 Å². The van der Waals surface area contributed by atoms with Crippen molar-refractivity contribution in [1.82, 2.24) is 9.88 Å². The molecule has 0 N–H and O–H groups in total. The second-order valence-electron chi connectivity index (χ2n) is 7.92. The molecule has 1 fully saturated rings. The maximum Gasteiger partial charge on any atom is 0.410 e. The summed E-state index contributed by atoms with van der Waals surface area (Å²) in [5, 5.41) is -0.445. The highest BCUT2D eigenvalue weighted by Crippen LogP contribution is 2.39. The Hall–Kier alpha value is -0.900. The second kappa shape index (κ2) is 8.85. The van der Waals surface area contributed by atoms with E-state index in [-0.39, 0.29) is 18.3 Å². The molecule has 0 bridgehead atoms. The number of hydrogen-bond acceptors (Lipinski definition) is 6. The summed E-state index contributed by atoms with van der Waals surface area (Å²) in [5.74, 6) is -0.534. The van der Waals surface area contributed by atoms with E-state index in [4.69, 9.17) is 21.1 Å². The SMILES string of the molecule is COC[C@@H]1[C@@H](c2cc(Cl)nc(Br)c2)C(S(C)(=O)=O)CCN1C(=O)OC(C)(C)C. The van der Waals surface area contributed by atoms with Gasteiger partial charge in [-0.15, -0.1) is 0 Å². The van der Waals surface area contributed by atoms with E-state index < -0.39 is 38.7 Å². The van der Waals surface area contributed by atoms with E-state index in [1.165, 1.54) is 13.4 Å². The van der Waals surface area contributed by atoms with Crippen LogP contribution in [0.3, 0.4) is 0 Å². The van der Waals surface area contributed by atoms with E-state index in [1.807, 2.05) is 0 Å². The molecule has 0 spiro atoms. The molecule has 1 aromatic heterocycles. The zero-order valence-electron chi connectivity index (χ0n) is 16.6. The van der Waals surface area contributed by atoms with Crippen molar-refractivity contribution in [3.05, 3.63) is 27.5 Å². The summed E-state index contributed by atoms with van der Waals surface area (Å²) in [7, 11) is -1.88. The van der Waals surface area contributed by atoms with Gasteiger partial charge >= 0.3 is 6.09 Å². The third-order valence-electron chi connectivity index (χ3n) is 4.56. The number of rotatable bonds is 4. The number of halogens is 2. The highest BCUT2D eigenvalue weighted by molar-refractivity contribution is 9.10. The normalized spacial score (nSPS) is 23.5. The molecule has 0 radical (unpaired) electrons. The molecular weight excluding hydrogens is 472 g/mol. The molecule has 0 aliphatic carbocycles. The Morgan fingerprint density at radius 1 is 1.39 bits per heavy atom. The van der Waals surface area contributed by atoms with E-state index in [2.05, 4.69) is 20.9 Å². The third-order valence-corrected chi connectivity index (χ3v) is 6.78. The summed E-state index contributed by atoms with van der Waals surface area (Å²) >= 11 is 9.43. The summed E-state index contributed by atoms with van der Waals surface area (Å²) in [6.45, 7) is 5.79. The Kier molecular flexibility index (Phi) is 7.39. The zero-order valence-corrected chi connectivity index (χ0v) is 19.8. The molecule has 7 nitrogen and oxygen atoms in total. The Labute approximate surface area is 179 Å². The first-order valence-corrected chi connectivity index (χ1v) is 12.0. The Morgan fingerprint density at radius 3 is 2.54 bits per heavy atom. The van der Waals surface area contributed by atoms with Gasteiger partial charge in [0, 0.05) is 25.8 Å². The predicted molar refractivity (Wildman–Crippen MR) is 112 cm³/mol. The number of sulfone groups is 1. The van der Waals surface area contributed by atoms with Gasteiger partial charge < -0.3 is 14.4 Å². The summed E-state index contributed by atoms with van der Waals surface area (Å²) in [5.41, 5.74) is 0.0126. The van der Waals surface area contributed by atoms with Crippen LogP contribution in [0.5, 0.6) is 0 Å². The van der Waals surface area contributed by atoms with E-state index in [0.29, 0.717) is 16.6 Å². The van der Waals surface area contributed by atoms with Gasteiger partial charge in [-0.2, -0.15) is 0 Å². The van der Waals surface area contributed by atoms with Gasteiger partial charge in [-0.25, -0.2) is 18.2 Å². The Morgan fingerprint density at radius 2 is 2.04 bits per heavy atom. The van der Waals surface area contributed by atoms with Crippen molar-refractivity contribution in [2.45, 2.75) is 50.0 Å². The minimum Gasteiger partial charge on any atom is -0.444 e. The highest BCUT2D eigenvalue weighted by Gasteiger charge is 2.46. The van der Waals surface area contributed by atoms with Crippen molar-refractivity contribution in [2.75, 3.05) is 26.5 Å². The topological polar surface area (TPSA) is 85.8 Å². The largest absolute Gasteiger partial charge is 0.444 e. The zero-order chi connectivity index (χ0) is 21.3. The fourth-order valence-electron chi connectivity index (χ4n) is 3.56. The lowest BCUT2D eigenvalue weighted by atomic mass is 9.83. The molecule has 1 aliphatic heterocycles. The van der Waals surface area contributed by atoms with Gasteiger partial charge in [0.05, 0.1) is 17.9 Å². The van der Waals surface area contributed by atoms with Crippen molar-refractivity contribution in [3.8, 4) is 0 Å². The second-order valence-corrected chi connectivity index (χ2v) is 11.4. The highest BCUT2D eigenvalue weighted by atomic mass is 79.9. The molecule has 2 heterocycles. The summed E-state index contributed by atoms with van der Waals surface area (Å²) in [6, 6.07) is 2.84. The number of amides is 1. The number of hydrogen-bond donors (Lipinski definition) is 0. The number of pyridine rings is 1. The van der Waals surface area contributed by atoms with Crippen LogP contribution in [-0.2, 0) is 19.3 Å². The first-order valence-electron chi connectivity index (χ1n) is 8.84. The van der Waals surface area contributed by atoms with Gasteiger partial charge in [0.2, 0.25) is 0 Å². The lowest BCUT2D eigenvalue weighted by Gasteiger charge is -2.45. The molecule has 1 saturated heterocycles. The molecule has 158 valence electrons. The molecule has 0 aromatic carbocycles. The molecule has 28 heavy (non-hydrogen) atoms. The van der Waals surface area contributed by atoms with Gasteiger partial charge in [0.1, 0.15) is 15.4 Å². The average Bonchev–Trinajstić information content (AvgIpc) is 2.51. The molecule has 1 amide bonds. The van der Waals surface area contributed by atoms with Crippen LogP contribution < -0.4 is 0 Å². The summed E-state index contributed by atoms with van der Waals surface area (Å²) in [4.78, 5) is 18.5. The molecular formula is C18H26BrClN2O5S. The minimum absolute atomic E-state index is 0.160. The van der Waals surface area contributed by atoms with Crippen molar-refractivity contribution < 1.29 is 22.7 Å². The van der Waals surface area contributed by atoms with Gasteiger partial charge in [0.25, 0.3) is 0 Å². The standard InChI is InChI=1S/C18H26BrClN2O5S/c1-18(2,3)27-17(23)22-7-6-13(28(5,24)25)16(12(22)10-26-4)11-8-14(19)21-15(20)9-11/h8-9,12-13,16H,6-7,10H2,1-5H3/t12-,13?,16-/m1/s1. The molecule has 10 heteroatoms. The summed E-state index contributed by atoms with van der Waals surface area (Å²) in [6.07, 6.45) is 1.02. The van der Waals surface area contributed by atoms with Crippen LogP contribution in [0.4, 0.5) is 4.79 Å². The average molecular weight is 498 g/mol. The van der Waals surface area contributed by atoms with Gasteiger partial charge in [-0.05, 0) is 60.8 Å². The fraction of sp³-hybridized carbons (Fsp3) is 0.667. The molecule has 0 saturated carbocycles. The van der Waals surface area contributed by atoms with Crippen LogP contribution in [0.15, 0.2) is 16.7 Å². The third kappa shape index (κ3) is 5.81. The van der Waals surface area contributed by atoms with Crippen LogP contribution >= 0.6 is 27.5 Å². The van der Waals surface area contributed by atoms with Crippen molar-refractivity contribution >= 4 is 43.5 Å². The maximum absolute atomic E-state index is 12.8. The summed E-state index contributed by atoms with van der Waals surface area (Å²) < 4.78 is 36.5. The molecule has 1 unspecified atom stereocenters. The van der Waals surface area contributed by atoms with Gasteiger partial charge in [0.15, 0.2) is 9.84 Å². The maximum atomic E-state index is 12.8. The quantitative estimate of drug-likeness (QED) is 0.590. The van der Waals surface area contributed by atoms with Crippen LogP contribution in [-0.4, -0.2) is 67.8 Å². The number of likely N-dealkylation sites (tertiary alicyclic amines) is 1. The number of piperidine rings is 1. The lowest BCUT2D eigenvalue weighted by molar-refractivity contribution is -0.00669. The first kappa shape index (κ1) is 23.4. The Bertz CT molecular complexity index is 808. The molecule has 1 aromatic rings. The first-order chi connectivity index (χ1) is 12.8. The van der Waals surface area contributed by atoms with E-state index in [0.717, 1.165) is 0 Å². The number of nitrogens with zero attached hydrogens (tertiary/aromatic N) is 2. The minimum atomic E-state index is -3.40. The number of aromatic nitrogens is 1. The van der Waals surface area contributed by atoms with Crippen molar-refractivity contribution in [3.63, 3.8) is 0 Å². The van der Waals surface area contributed by atoms with Crippen LogP contribution in [0, 0.1) is 0 Å². The van der Waals surface area contributed by atoms with E-state index in [9.17, 15) is 13.2 Å².